The molecule has 0 aliphatic heterocycles. The number of pyridine rings is 2. The number of rotatable bonds is 2. The van der Waals surface area contributed by atoms with E-state index in [1.54, 1.807) is 0 Å². The molecule has 4 aromatic heterocycles. The molecule has 4 aliphatic rings. The van der Waals surface area contributed by atoms with Gasteiger partial charge in [-0.05, 0) is 105 Å². The van der Waals surface area contributed by atoms with Crippen LogP contribution >= 0.6 is 0 Å². The number of imidazole rings is 1. The first kappa shape index (κ1) is 20.3. The van der Waals surface area contributed by atoms with Crippen LogP contribution in [0.5, 0.6) is 0 Å². The van der Waals surface area contributed by atoms with E-state index in [0.29, 0.717) is 5.41 Å². The number of aromatic amines is 2. The van der Waals surface area contributed by atoms with Crippen molar-refractivity contribution in [1.82, 2.24) is 24.9 Å². The average molecular weight is 496 g/mol. The third kappa shape index (κ3) is 2.01. The molecule has 2 atom stereocenters. The van der Waals surface area contributed by atoms with Gasteiger partial charge in [0.15, 0.2) is 0 Å². The smallest absolute Gasteiger partial charge is 0.141 e. The van der Waals surface area contributed by atoms with Crippen LogP contribution < -0.4 is 0 Å². The molecule has 5 nitrogen and oxygen atoms in total. The van der Waals surface area contributed by atoms with Gasteiger partial charge in [0.1, 0.15) is 5.82 Å². The topological polar surface area (TPSA) is 70.2 Å². The van der Waals surface area contributed by atoms with Crippen LogP contribution in [0.3, 0.4) is 0 Å². The normalized spacial score (nSPS) is 30.8. The zero-order valence-electron chi connectivity index (χ0n) is 21.7. The molecule has 4 aliphatic carbocycles. The molecule has 6 aromatic rings. The number of aryl methyl sites for hydroxylation is 2. The van der Waals surface area contributed by atoms with Gasteiger partial charge in [0, 0.05) is 50.7 Å². The number of hydrogen-bond donors (Lipinski definition) is 2. The van der Waals surface area contributed by atoms with Gasteiger partial charge in [-0.1, -0.05) is 12.1 Å². The van der Waals surface area contributed by atoms with E-state index in [1.165, 1.54) is 65.4 Å². The van der Waals surface area contributed by atoms with Gasteiger partial charge in [0.25, 0.3) is 0 Å². The quantitative estimate of drug-likeness (QED) is 0.244. The van der Waals surface area contributed by atoms with Crippen molar-refractivity contribution in [3.05, 3.63) is 65.6 Å². The summed E-state index contributed by atoms with van der Waals surface area (Å²) in [4.78, 5) is 22.8. The Hall–Kier alpha value is -3.73. The SMILES string of the molecule is Cc1ccc(C)c2c(-c3nc4c5cccnc5c5ncccc5c4[nH]3)c(C34CC5CC6CC(C3)C54C6)[nH]c12. The Morgan fingerprint density at radius 1 is 0.763 bits per heavy atom. The highest BCUT2D eigenvalue weighted by Crippen LogP contribution is 2.87. The van der Waals surface area contributed by atoms with Gasteiger partial charge in [0.05, 0.1) is 22.1 Å². The lowest BCUT2D eigenvalue weighted by Gasteiger charge is -2.74. The van der Waals surface area contributed by atoms with Crippen LogP contribution in [0.15, 0.2) is 48.8 Å². The number of nitrogens with one attached hydrogen (secondary N) is 2. The zero-order valence-corrected chi connectivity index (χ0v) is 21.7. The van der Waals surface area contributed by atoms with E-state index < -0.39 is 0 Å². The molecular formula is C33H29N5. The van der Waals surface area contributed by atoms with Gasteiger partial charge in [-0.15, -0.1) is 0 Å². The predicted octanol–water partition coefficient (Wildman–Crippen LogP) is 7.50. The van der Waals surface area contributed by atoms with E-state index in [9.17, 15) is 0 Å². The molecule has 5 heteroatoms. The van der Waals surface area contributed by atoms with Crippen LogP contribution in [0.2, 0.25) is 0 Å². The maximum Gasteiger partial charge on any atom is 0.141 e. The summed E-state index contributed by atoms with van der Waals surface area (Å²) in [5.74, 6) is 3.82. The van der Waals surface area contributed by atoms with Gasteiger partial charge in [-0.2, -0.15) is 0 Å². The first-order valence-corrected chi connectivity index (χ1v) is 14.2. The van der Waals surface area contributed by atoms with Gasteiger partial charge in [-0.3, -0.25) is 9.97 Å². The summed E-state index contributed by atoms with van der Waals surface area (Å²) in [5.41, 5.74) is 11.4. The third-order valence-electron chi connectivity index (χ3n) is 11.6. The molecule has 4 saturated carbocycles. The molecule has 0 amide bonds. The Kier molecular flexibility index (Phi) is 3.35. The highest BCUT2D eigenvalue weighted by Gasteiger charge is 2.82. The molecule has 2 N–H and O–H groups in total. The average Bonchev–Trinajstić information content (AvgIpc) is 3.68. The molecule has 2 aromatic carbocycles. The molecule has 186 valence electrons. The number of nitrogens with zero attached hydrogens (tertiary/aromatic N) is 3. The van der Waals surface area contributed by atoms with Crippen molar-refractivity contribution >= 4 is 43.7 Å². The van der Waals surface area contributed by atoms with Crippen LogP contribution in [0, 0.1) is 37.0 Å². The molecule has 0 saturated heterocycles. The fourth-order valence-corrected chi connectivity index (χ4v) is 10.3. The van der Waals surface area contributed by atoms with Crippen LogP contribution in [-0.4, -0.2) is 24.9 Å². The minimum Gasteiger partial charge on any atom is -0.357 e. The summed E-state index contributed by atoms with van der Waals surface area (Å²) < 4.78 is 0. The summed E-state index contributed by atoms with van der Waals surface area (Å²) in [6.45, 7) is 4.50. The van der Waals surface area contributed by atoms with Crippen LogP contribution in [0.4, 0.5) is 0 Å². The lowest BCUT2D eigenvalue weighted by molar-refractivity contribution is -0.206. The van der Waals surface area contributed by atoms with Crippen molar-refractivity contribution in [2.45, 2.75) is 51.4 Å². The fourth-order valence-electron chi connectivity index (χ4n) is 10.3. The van der Waals surface area contributed by atoms with E-state index in [1.807, 2.05) is 24.5 Å². The molecule has 38 heavy (non-hydrogen) atoms. The molecule has 0 radical (unpaired) electrons. The van der Waals surface area contributed by atoms with Gasteiger partial charge >= 0.3 is 0 Å². The van der Waals surface area contributed by atoms with Crippen LogP contribution in [0.1, 0.15) is 48.9 Å². The molecule has 10 rings (SSSR count). The second kappa shape index (κ2) is 6.28. The standard InChI is InChI=1S/C33H29N5/c1-16-7-8-17(2)25-23(16)24(30(36-25)32-14-19-11-18-12-20(15-32)33(19,32)13-18)31-37-28-21-5-3-9-34-26(21)27-22(29(28)38-31)6-4-10-35-27/h3-10,18-20,36H,11-15H2,1-2H3,(H,37,38). The number of hydrogen-bond acceptors (Lipinski definition) is 3. The van der Waals surface area contributed by atoms with Gasteiger partial charge < -0.3 is 9.97 Å². The Labute approximate surface area is 220 Å². The van der Waals surface area contributed by atoms with Crippen LogP contribution in [0.25, 0.3) is 55.1 Å². The Balaban J connectivity index is 1.32. The van der Waals surface area contributed by atoms with Gasteiger partial charge in [-0.25, -0.2) is 4.98 Å². The van der Waals surface area contributed by atoms with Crippen molar-refractivity contribution in [3.63, 3.8) is 0 Å². The molecule has 4 fully saturated rings. The summed E-state index contributed by atoms with van der Waals surface area (Å²) in [6.07, 6.45) is 10.8. The maximum absolute atomic E-state index is 5.41. The van der Waals surface area contributed by atoms with E-state index in [4.69, 9.17) is 15.0 Å². The minimum absolute atomic E-state index is 0.285. The number of H-pyrrole nitrogens is 2. The monoisotopic (exact) mass is 495 g/mol. The minimum atomic E-state index is 0.285. The number of fused-ring (bicyclic) bond motifs is 8. The summed E-state index contributed by atoms with van der Waals surface area (Å²) in [5, 5.41) is 3.48. The highest BCUT2D eigenvalue weighted by atomic mass is 15.0. The lowest BCUT2D eigenvalue weighted by Crippen LogP contribution is -2.71. The highest BCUT2D eigenvalue weighted by molar-refractivity contribution is 6.21. The number of aromatic nitrogens is 5. The van der Waals surface area contributed by atoms with Crippen molar-refractivity contribution in [2.75, 3.05) is 0 Å². The van der Waals surface area contributed by atoms with E-state index in [0.717, 1.165) is 56.4 Å². The summed E-state index contributed by atoms with van der Waals surface area (Å²) in [6, 6.07) is 12.9. The Bertz CT molecular complexity index is 1940. The molecule has 1 spiro atoms. The van der Waals surface area contributed by atoms with Crippen molar-refractivity contribution in [1.29, 1.82) is 0 Å². The van der Waals surface area contributed by atoms with Crippen molar-refractivity contribution in [3.8, 4) is 11.4 Å². The van der Waals surface area contributed by atoms with Crippen molar-refractivity contribution < 1.29 is 0 Å². The maximum atomic E-state index is 5.41. The fraction of sp³-hybridized carbons (Fsp3) is 0.364. The van der Waals surface area contributed by atoms with Gasteiger partial charge in [0.2, 0.25) is 0 Å². The largest absolute Gasteiger partial charge is 0.357 e. The van der Waals surface area contributed by atoms with E-state index in [2.05, 4.69) is 48.1 Å². The summed E-state index contributed by atoms with van der Waals surface area (Å²) in [7, 11) is 0. The van der Waals surface area contributed by atoms with E-state index in [-0.39, 0.29) is 5.41 Å². The molecule has 2 unspecified atom stereocenters. The molecule has 2 bridgehead atoms. The first-order chi connectivity index (χ1) is 18.6. The Morgan fingerprint density at radius 3 is 2.24 bits per heavy atom. The second-order valence-electron chi connectivity index (χ2n) is 12.9. The number of benzene rings is 2. The zero-order chi connectivity index (χ0) is 25.0. The molecule has 4 heterocycles. The van der Waals surface area contributed by atoms with Crippen molar-refractivity contribution in [2.24, 2.45) is 23.2 Å². The first-order valence-electron chi connectivity index (χ1n) is 14.2. The lowest BCUT2D eigenvalue weighted by atomic mass is 9.29. The van der Waals surface area contributed by atoms with E-state index >= 15 is 0 Å². The third-order valence-corrected chi connectivity index (χ3v) is 11.6. The predicted molar refractivity (Wildman–Crippen MR) is 151 cm³/mol. The van der Waals surface area contributed by atoms with Crippen LogP contribution in [-0.2, 0) is 5.41 Å². The summed E-state index contributed by atoms with van der Waals surface area (Å²) >= 11 is 0. The second-order valence-corrected chi connectivity index (χ2v) is 12.9. The Morgan fingerprint density at radius 2 is 1.47 bits per heavy atom. The molecular weight excluding hydrogens is 466 g/mol.